The minimum atomic E-state index is -0.234. The Morgan fingerprint density at radius 3 is 2.71 bits per heavy atom. The Kier molecular flexibility index (Phi) is 4.04. The first-order chi connectivity index (χ1) is 6.59. The van der Waals surface area contributed by atoms with Gasteiger partial charge in [0, 0.05) is 18.6 Å². The van der Waals surface area contributed by atoms with Crippen LogP contribution in [0.5, 0.6) is 0 Å². The van der Waals surface area contributed by atoms with E-state index in [-0.39, 0.29) is 11.9 Å². The lowest BCUT2D eigenvalue weighted by molar-refractivity contribution is 0.535. The third kappa shape index (κ3) is 3.44. The molecule has 1 aromatic rings. The second-order valence-electron chi connectivity index (χ2n) is 3.72. The van der Waals surface area contributed by atoms with Crippen molar-refractivity contribution in [1.29, 1.82) is 0 Å². The van der Waals surface area contributed by atoms with Gasteiger partial charge >= 0.3 is 0 Å². The van der Waals surface area contributed by atoms with Crippen LogP contribution in [-0.4, -0.2) is 12.6 Å². The molecule has 0 aliphatic heterocycles. The summed E-state index contributed by atoms with van der Waals surface area (Å²) in [5.74, 6) is -0.234. The van der Waals surface area contributed by atoms with E-state index in [1.54, 1.807) is 6.07 Å². The van der Waals surface area contributed by atoms with Crippen molar-refractivity contribution >= 4 is 0 Å². The molecule has 1 aromatic carbocycles. The quantitative estimate of drug-likeness (QED) is 0.771. The number of hydrogen-bond donors (Lipinski definition) is 2. The molecule has 3 N–H and O–H groups in total. The standard InChI is InChI=1S/C11H17FN2/c1-8(2)14-7-11(13)9-4-3-5-10(12)6-9/h3-6,8,11,14H,7,13H2,1-2H3. The first-order valence-electron chi connectivity index (χ1n) is 4.84. The summed E-state index contributed by atoms with van der Waals surface area (Å²) in [4.78, 5) is 0. The van der Waals surface area contributed by atoms with Gasteiger partial charge in [0.25, 0.3) is 0 Å². The molecular weight excluding hydrogens is 179 g/mol. The van der Waals surface area contributed by atoms with Gasteiger partial charge in [0.2, 0.25) is 0 Å². The fraction of sp³-hybridized carbons (Fsp3) is 0.455. The van der Waals surface area contributed by atoms with E-state index >= 15 is 0 Å². The van der Waals surface area contributed by atoms with Crippen LogP contribution in [0.25, 0.3) is 0 Å². The van der Waals surface area contributed by atoms with Gasteiger partial charge in [-0.25, -0.2) is 4.39 Å². The van der Waals surface area contributed by atoms with Crippen LogP contribution in [0.1, 0.15) is 25.5 Å². The maximum Gasteiger partial charge on any atom is 0.123 e. The molecule has 0 spiro atoms. The average molecular weight is 196 g/mol. The topological polar surface area (TPSA) is 38.0 Å². The van der Waals surface area contributed by atoms with E-state index < -0.39 is 0 Å². The van der Waals surface area contributed by atoms with Gasteiger partial charge in [-0.3, -0.25) is 0 Å². The molecular formula is C11H17FN2. The van der Waals surface area contributed by atoms with Gasteiger partial charge in [-0.2, -0.15) is 0 Å². The molecule has 0 amide bonds. The van der Waals surface area contributed by atoms with Gasteiger partial charge in [0.1, 0.15) is 5.82 Å². The normalized spacial score (nSPS) is 13.2. The Labute approximate surface area is 84.3 Å². The largest absolute Gasteiger partial charge is 0.323 e. The van der Waals surface area contributed by atoms with Gasteiger partial charge in [-0.1, -0.05) is 26.0 Å². The smallest absolute Gasteiger partial charge is 0.123 e. The fourth-order valence-corrected chi connectivity index (χ4v) is 1.22. The number of nitrogens with one attached hydrogen (secondary N) is 1. The maximum atomic E-state index is 12.9. The summed E-state index contributed by atoms with van der Waals surface area (Å²) < 4.78 is 12.9. The van der Waals surface area contributed by atoms with Crippen molar-refractivity contribution in [3.63, 3.8) is 0 Å². The van der Waals surface area contributed by atoms with E-state index in [1.807, 2.05) is 6.07 Å². The Bertz CT molecular complexity index is 286. The van der Waals surface area contributed by atoms with E-state index in [2.05, 4.69) is 19.2 Å². The van der Waals surface area contributed by atoms with Crippen molar-refractivity contribution in [3.8, 4) is 0 Å². The van der Waals surface area contributed by atoms with Crippen LogP contribution in [0.4, 0.5) is 4.39 Å². The van der Waals surface area contributed by atoms with E-state index in [0.29, 0.717) is 12.6 Å². The molecule has 0 saturated heterocycles. The molecule has 1 atom stereocenters. The van der Waals surface area contributed by atoms with Crippen LogP contribution in [0.3, 0.4) is 0 Å². The van der Waals surface area contributed by atoms with E-state index in [4.69, 9.17) is 5.73 Å². The lowest BCUT2D eigenvalue weighted by Crippen LogP contribution is -2.31. The molecule has 0 bridgehead atoms. The van der Waals surface area contributed by atoms with Crippen LogP contribution in [0.15, 0.2) is 24.3 Å². The summed E-state index contributed by atoms with van der Waals surface area (Å²) in [5, 5.41) is 3.22. The fourth-order valence-electron chi connectivity index (χ4n) is 1.22. The summed E-state index contributed by atoms with van der Waals surface area (Å²) in [6, 6.07) is 6.68. The molecule has 78 valence electrons. The SMILES string of the molecule is CC(C)NCC(N)c1cccc(F)c1. The lowest BCUT2D eigenvalue weighted by Gasteiger charge is -2.15. The highest BCUT2D eigenvalue weighted by Gasteiger charge is 2.06. The summed E-state index contributed by atoms with van der Waals surface area (Å²) in [5.41, 5.74) is 6.71. The predicted octanol–water partition coefficient (Wildman–Crippen LogP) is 1.82. The lowest BCUT2D eigenvalue weighted by atomic mass is 10.1. The number of nitrogens with two attached hydrogens (primary N) is 1. The van der Waals surface area contributed by atoms with E-state index in [1.165, 1.54) is 12.1 Å². The Balaban J connectivity index is 2.56. The van der Waals surface area contributed by atoms with Crippen molar-refractivity contribution in [3.05, 3.63) is 35.6 Å². The van der Waals surface area contributed by atoms with Crippen LogP contribution >= 0.6 is 0 Å². The molecule has 0 saturated carbocycles. The minimum absolute atomic E-state index is 0.145. The first-order valence-corrected chi connectivity index (χ1v) is 4.84. The van der Waals surface area contributed by atoms with Crippen LogP contribution in [0, 0.1) is 5.82 Å². The van der Waals surface area contributed by atoms with Crippen LogP contribution < -0.4 is 11.1 Å². The zero-order valence-corrected chi connectivity index (χ0v) is 8.63. The molecule has 0 fully saturated rings. The van der Waals surface area contributed by atoms with E-state index in [9.17, 15) is 4.39 Å². The Hall–Kier alpha value is -0.930. The van der Waals surface area contributed by atoms with Crippen molar-refractivity contribution in [2.24, 2.45) is 5.73 Å². The molecule has 0 aromatic heterocycles. The Morgan fingerprint density at radius 1 is 1.43 bits per heavy atom. The molecule has 1 unspecified atom stereocenters. The molecule has 0 aliphatic carbocycles. The minimum Gasteiger partial charge on any atom is -0.323 e. The summed E-state index contributed by atoms with van der Waals surface area (Å²) in [7, 11) is 0. The Morgan fingerprint density at radius 2 is 2.14 bits per heavy atom. The zero-order chi connectivity index (χ0) is 10.6. The summed E-state index contributed by atoms with van der Waals surface area (Å²) in [6.07, 6.45) is 0. The van der Waals surface area contributed by atoms with Gasteiger partial charge in [-0.15, -0.1) is 0 Å². The van der Waals surface area contributed by atoms with E-state index in [0.717, 1.165) is 5.56 Å². The first kappa shape index (κ1) is 11.1. The highest BCUT2D eigenvalue weighted by atomic mass is 19.1. The molecule has 0 heterocycles. The van der Waals surface area contributed by atoms with Crippen molar-refractivity contribution in [2.45, 2.75) is 25.9 Å². The van der Waals surface area contributed by atoms with Gasteiger partial charge < -0.3 is 11.1 Å². The molecule has 1 rings (SSSR count). The van der Waals surface area contributed by atoms with Gasteiger partial charge in [0.05, 0.1) is 0 Å². The van der Waals surface area contributed by atoms with Crippen molar-refractivity contribution in [1.82, 2.24) is 5.32 Å². The highest BCUT2D eigenvalue weighted by molar-refractivity contribution is 5.19. The van der Waals surface area contributed by atoms with Crippen LogP contribution in [0.2, 0.25) is 0 Å². The van der Waals surface area contributed by atoms with Crippen LogP contribution in [-0.2, 0) is 0 Å². The third-order valence-corrected chi connectivity index (χ3v) is 2.02. The maximum absolute atomic E-state index is 12.9. The highest BCUT2D eigenvalue weighted by Crippen LogP contribution is 2.10. The van der Waals surface area contributed by atoms with Crippen molar-refractivity contribution in [2.75, 3.05) is 6.54 Å². The molecule has 0 aliphatic rings. The zero-order valence-electron chi connectivity index (χ0n) is 8.63. The monoisotopic (exact) mass is 196 g/mol. The number of hydrogen-bond acceptors (Lipinski definition) is 2. The third-order valence-electron chi connectivity index (χ3n) is 2.02. The predicted molar refractivity (Wildman–Crippen MR) is 56.5 cm³/mol. The number of benzene rings is 1. The average Bonchev–Trinajstić information content (AvgIpc) is 2.14. The molecule has 3 heteroatoms. The van der Waals surface area contributed by atoms with Gasteiger partial charge in [0.15, 0.2) is 0 Å². The molecule has 14 heavy (non-hydrogen) atoms. The molecule has 2 nitrogen and oxygen atoms in total. The van der Waals surface area contributed by atoms with Gasteiger partial charge in [-0.05, 0) is 17.7 Å². The number of rotatable bonds is 4. The number of halogens is 1. The summed E-state index contributed by atoms with van der Waals surface area (Å²) in [6.45, 7) is 4.78. The second kappa shape index (κ2) is 5.08. The molecule has 0 radical (unpaired) electrons. The summed E-state index contributed by atoms with van der Waals surface area (Å²) >= 11 is 0. The van der Waals surface area contributed by atoms with Crippen molar-refractivity contribution < 1.29 is 4.39 Å². The second-order valence-corrected chi connectivity index (χ2v) is 3.72.